The van der Waals surface area contributed by atoms with Gasteiger partial charge in [-0.25, -0.2) is 0 Å². The first-order valence-electron chi connectivity index (χ1n) is 5.89. The van der Waals surface area contributed by atoms with Crippen LogP contribution in [0.1, 0.15) is 47.0 Å². The van der Waals surface area contributed by atoms with Gasteiger partial charge in [0.25, 0.3) is 0 Å². The lowest BCUT2D eigenvalue weighted by molar-refractivity contribution is -0.0587. The molecule has 3 nitrogen and oxygen atoms in total. The molecule has 0 saturated carbocycles. The Morgan fingerprint density at radius 1 is 1.53 bits per heavy atom. The second kappa shape index (κ2) is 4.81. The Hall–Kier alpha value is -0.120. The van der Waals surface area contributed by atoms with Gasteiger partial charge in [0.1, 0.15) is 0 Å². The molecule has 2 unspecified atom stereocenters. The van der Waals surface area contributed by atoms with Crippen LogP contribution in [0.4, 0.5) is 0 Å². The van der Waals surface area contributed by atoms with Crippen LogP contribution in [0.15, 0.2) is 0 Å². The molecule has 0 bridgehead atoms. The van der Waals surface area contributed by atoms with E-state index >= 15 is 0 Å². The van der Waals surface area contributed by atoms with Crippen molar-refractivity contribution in [1.82, 2.24) is 0 Å². The molecule has 0 radical (unpaired) electrons. The largest absolute Gasteiger partial charge is 0.377 e. The van der Waals surface area contributed by atoms with Crippen LogP contribution in [0, 0.1) is 0 Å². The molecule has 0 spiro atoms. The van der Waals surface area contributed by atoms with Crippen molar-refractivity contribution < 1.29 is 9.47 Å². The zero-order valence-electron chi connectivity index (χ0n) is 10.5. The minimum atomic E-state index is -0.200. The van der Waals surface area contributed by atoms with Crippen LogP contribution in [0.25, 0.3) is 0 Å². The summed E-state index contributed by atoms with van der Waals surface area (Å²) in [6.45, 7) is 9.66. The van der Waals surface area contributed by atoms with Crippen molar-refractivity contribution in [2.45, 2.75) is 64.2 Å². The monoisotopic (exact) mass is 215 g/mol. The van der Waals surface area contributed by atoms with Crippen LogP contribution in [-0.4, -0.2) is 30.5 Å². The molecule has 0 aromatic heterocycles. The smallest absolute Gasteiger partial charge is 0.0816 e. The molecule has 90 valence electrons. The molecule has 0 aliphatic carbocycles. The predicted molar refractivity (Wildman–Crippen MR) is 61.9 cm³/mol. The predicted octanol–water partition coefficient (Wildman–Crippen LogP) is 2.09. The van der Waals surface area contributed by atoms with Gasteiger partial charge in [-0.3, -0.25) is 0 Å². The second-order valence-corrected chi connectivity index (χ2v) is 5.56. The minimum absolute atomic E-state index is 0.0325. The molecular weight excluding hydrogens is 190 g/mol. The minimum Gasteiger partial charge on any atom is -0.377 e. The van der Waals surface area contributed by atoms with Crippen LogP contribution in [0.2, 0.25) is 0 Å². The van der Waals surface area contributed by atoms with Crippen molar-refractivity contribution in [3.63, 3.8) is 0 Å². The fraction of sp³-hybridized carbons (Fsp3) is 1.00. The second-order valence-electron chi connectivity index (χ2n) is 5.56. The SMILES string of the molecule is CCC(C)(N)COCC1CCC(C)(C)O1. The summed E-state index contributed by atoms with van der Waals surface area (Å²) in [5, 5.41) is 0. The van der Waals surface area contributed by atoms with E-state index in [-0.39, 0.29) is 17.2 Å². The summed E-state index contributed by atoms with van der Waals surface area (Å²) in [5.41, 5.74) is 5.82. The molecule has 15 heavy (non-hydrogen) atoms. The molecule has 1 heterocycles. The van der Waals surface area contributed by atoms with E-state index in [0.717, 1.165) is 19.3 Å². The molecule has 2 atom stereocenters. The van der Waals surface area contributed by atoms with Gasteiger partial charge < -0.3 is 15.2 Å². The summed E-state index contributed by atoms with van der Waals surface area (Å²) in [7, 11) is 0. The third-order valence-corrected chi connectivity index (χ3v) is 3.10. The van der Waals surface area contributed by atoms with Crippen molar-refractivity contribution in [1.29, 1.82) is 0 Å². The zero-order chi connectivity index (χ0) is 11.5. The van der Waals surface area contributed by atoms with E-state index in [1.54, 1.807) is 0 Å². The van der Waals surface area contributed by atoms with Gasteiger partial charge in [-0.05, 0) is 40.0 Å². The molecular formula is C12H25NO2. The maximum absolute atomic E-state index is 5.99. The Labute approximate surface area is 93.3 Å². The maximum atomic E-state index is 5.99. The first kappa shape index (κ1) is 12.9. The third-order valence-electron chi connectivity index (χ3n) is 3.10. The number of hydrogen-bond acceptors (Lipinski definition) is 3. The third kappa shape index (κ3) is 4.49. The lowest BCUT2D eigenvalue weighted by Gasteiger charge is -2.24. The summed E-state index contributed by atoms with van der Waals surface area (Å²) < 4.78 is 11.4. The molecule has 1 aliphatic heterocycles. The van der Waals surface area contributed by atoms with E-state index in [0.29, 0.717) is 13.2 Å². The highest BCUT2D eigenvalue weighted by molar-refractivity contribution is 4.81. The molecule has 1 rings (SSSR count). The van der Waals surface area contributed by atoms with Crippen molar-refractivity contribution in [3.8, 4) is 0 Å². The van der Waals surface area contributed by atoms with E-state index in [9.17, 15) is 0 Å². The maximum Gasteiger partial charge on any atom is 0.0816 e. The fourth-order valence-corrected chi connectivity index (χ4v) is 1.72. The van der Waals surface area contributed by atoms with E-state index in [1.807, 2.05) is 6.92 Å². The Morgan fingerprint density at radius 3 is 2.67 bits per heavy atom. The Morgan fingerprint density at radius 2 is 2.20 bits per heavy atom. The first-order valence-corrected chi connectivity index (χ1v) is 5.89. The molecule has 1 fully saturated rings. The fourth-order valence-electron chi connectivity index (χ4n) is 1.72. The number of ether oxygens (including phenoxy) is 2. The standard InChI is InChI=1S/C12H25NO2/c1-5-12(4,13)9-14-8-10-6-7-11(2,3)15-10/h10H,5-9,13H2,1-4H3. The highest BCUT2D eigenvalue weighted by Gasteiger charge is 2.31. The van der Waals surface area contributed by atoms with Crippen LogP contribution < -0.4 is 5.73 Å². The van der Waals surface area contributed by atoms with E-state index in [1.165, 1.54) is 0 Å². The average Bonchev–Trinajstić information content (AvgIpc) is 2.45. The van der Waals surface area contributed by atoms with Gasteiger partial charge >= 0.3 is 0 Å². The van der Waals surface area contributed by atoms with E-state index < -0.39 is 0 Å². The Bertz CT molecular complexity index is 202. The summed E-state index contributed by atoms with van der Waals surface area (Å²) in [6, 6.07) is 0. The van der Waals surface area contributed by atoms with Crippen LogP contribution in [0.3, 0.4) is 0 Å². The number of nitrogens with two attached hydrogens (primary N) is 1. The van der Waals surface area contributed by atoms with Gasteiger partial charge in [-0.1, -0.05) is 6.92 Å². The van der Waals surface area contributed by atoms with Crippen LogP contribution in [0.5, 0.6) is 0 Å². The summed E-state index contributed by atoms with van der Waals surface area (Å²) >= 11 is 0. The highest BCUT2D eigenvalue weighted by atomic mass is 16.5. The van der Waals surface area contributed by atoms with Crippen molar-refractivity contribution >= 4 is 0 Å². The summed E-state index contributed by atoms with van der Waals surface area (Å²) in [6.07, 6.45) is 3.41. The number of hydrogen-bond donors (Lipinski definition) is 1. The average molecular weight is 215 g/mol. The molecule has 1 saturated heterocycles. The van der Waals surface area contributed by atoms with Crippen LogP contribution in [-0.2, 0) is 9.47 Å². The van der Waals surface area contributed by atoms with Crippen molar-refractivity contribution in [2.75, 3.05) is 13.2 Å². The topological polar surface area (TPSA) is 44.5 Å². The van der Waals surface area contributed by atoms with E-state index in [4.69, 9.17) is 15.2 Å². The van der Waals surface area contributed by atoms with Crippen molar-refractivity contribution in [2.24, 2.45) is 5.73 Å². The molecule has 1 aliphatic rings. The quantitative estimate of drug-likeness (QED) is 0.763. The Balaban J connectivity index is 2.17. The van der Waals surface area contributed by atoms with Gasteiger partial charge in [-0.15, -0.1) is 0 Å². The Kier molecular flexibility index (Phi) is 4.15. The molecule has 0 amide bonds. The molecule has 0 aromatic rings. The lowest BCUT2D eigenvalue weighted by Crippen LogP contribution is -2.41. The highest BCUT2D eigenvalue weighted by Crippen LogP contribution is 2.29. The van der Waals surface area contributed by atoms with Gasteiger partial charge in [0, 0.05) is 5.54 Å². The summed E-state index contributed by atoms with van der Waals surface area (Å²) in [4.78, 5) is 0. The van der Waals surface area contributed by atoms with E-state index in [2.05, 4.69) is 20.8 Å². The normalized spacial score (nSPS) is 29.0. The lowest BCUT2D eigenvalue weighted by atomic mass is 10.0. The number of rotatable bonds is 5. The molecule has 2 N–H and O–H groups in total. The zero-order valence-corrected chi connectivity index (χ0v) is 10.5. The summed E-state index contributed by atoms with van der Waals surface area (Å²) in [5.74, 6) is 0. The molecule has 0 aromatic carbocycles. The van der Waals surface area contributed by atoms with Crippen molar-refractivity contribution in [3.05, 3.63) is 0 Å². The molecule has 3 heteroatoms. The van der Waals surface area contributed by atoms with Crippen LogP contribution >= 0.6 is 0 Å². The van der Waals surface area contributed by atoms with Gasteiger partial charge in [-0.2, -0.15) is 0 Å². The van der Waals surface area contributed by atoms with Gasteiger partial charge in [0.2, 0.25) is 0 Å². The van der Waals surface area contributed by atoms with Gasteiger partial charge in [0.05, 0.1) is 24.9 Å². The first-order chi connectivity index (χ1) is 6.85. The van der Waals surface area contributed by atoms with Gasteiger partial charge in [0.15, 0.2) is 0 Å².